The highest BCUT2D eigenvalue weighted by Gasteiger charge is 2.16. The maximum absolute atomic E-state index is 12.0. The van der Waals surface area contributed by atoms with E-state index in [-0.39, 0.29) is 5.78 Å². The second-order valence-electron chi connectivity index (χ2n) is 3.73. The number of ketones is 1. The molecule has 0 aliphatic rings. The molecular weight excluding hydrogens is 236 g/mol. The van der Waals surface area contributed by atoms with Crippen molar-refractivity contribution in [2.24, 2.45) is 0 Å². The highest BCUT2D eigenvalue weighted by molar-refractivity contribution is 7.12. The van der Waals surface area contributed by atoms with Gasteiger partial charge in [-0.05, 0) is 29.3 Å². The Balaban J connectivity index is 2.05. The highest BCUT2D eigenvalue weighted by atomic mass is 32.1. The van der Waals surface area contributed by atoms with Crippen LogP contribution in [-0.2, 0) is 0 Å². The van der Waals surface area contributed by atoms with Crippen molar-refractivity contribution in [1.29, 1.82) is 0 Å². The molecule has 0 radical (unpaired) electrons. The van der Waals surface area contributed by atoms with Crippen LogP contribution in [0.5, 0.6) is 0 Å². The standard InChI is InChI=1S/C13H14OS2/c1-2-10(12-5-3-7-15-12)9-11(14)13-6-4-8-16-13/h3-8,10H,2,9H2,1H3. The van der Waals surface area contributed by atoms with E-state index in [1.54, 1.807) is 11.3 Å². The first-order valence-corrected chi connectivity index (χ1v) is 7.17. The van der Waals surface area contributed by atoms with Gasteiger partial charge < -0.3 is 0 Å². The van der Waals surface area contributed by atoms with E-state index in [0.29, 0.717) is 12.3 Å². The zero-order valence-corrected chi connectivity index (χ0v) is 10.8. The Kier molecular flexibility index (Phi) is 3.91. The summed E-state index contributed by atoms with van der Waals surface area (Å²) < 4.78 is 0. The Labute approximate surface area is 104 Å². The Hall–Kier alpha value is -0.930. The summed E-state index contributed by atoms with van der Waals surface area (Å²) in [6.07, 6.45) is 1.66. The van der Waals surface area contributed by atoms with Crippen molar-refractivity contribution in [1.82, 2.24) is 0 Å². The van der Waals surface area contributed by atoms with Crippen LogP contribution in [0.2, 0.25) is 0 Å². The number of hydrogen-bond donors (Lipinski definition) is 0. The molecule has 1 atom stereocenters. The average Bonchev–Trinajstić information content (AvgIpc) is 2.96. The first-order chi connectivity index (χ1) is 7.81. The lowest BCUT2D eigenvalue weighted by Crippen LogP contribution is -2.04. The van der Waals surface area contributed by atoms with Gasteiger partial charge in [0.15, 0.2) is 5.78 Å². The summed E-state index contributed by atoms with van der Waals surface area (Å²) in [5.74, 6) is 0.657. The van der Waals surface area contributed by atoms with E-state index in [0.717, 1.165) is 11.3 Å². The van der Waals surface area contributed by atoms with Crippen LogP contribution in [0.4, 0.5) is 0 Å². The molecule has 84 valence electrons. The summed E-state index contributed by atoms with van der Waals surface area (Å²) in [5.41, 5.74) is 0. The normalized spacial score (nSPS) is 12.6. The van der Waals surface area contributed by atoms with Crippen LogP contribution in [0, 0.1) is 0 Å². The third-order valence-electron chi connectivity index (χ3n) is 2.67. The lowest BCUT2D eigenvalue weighted by atomic mass is 9.97. The van der Waals surface area contributed by atoms with E-state index >= 15 is 0 Å². The molecule has 0 spiro atoms. The fourth-order valence-electron chi connectivity index (χ4n) is 1.73. The Morgan fingerprint density at radius 1 is 1.25 bits per heavy atom. The topological polar surface area (TPSA) is 17.1 Å². The van der Waals surface area contributed by atoms with E-state index in [4.69, 9.17) is 0 Å². The van der Waals surface area contributed by atoms with Crippen molar-refractivity contribution < 1.29 is 4.79 Å². The fraction of sp³-hybridized carbons (Fsp3) is 0.308. The van der Waals surface area contributed by atoms with Gasteiger partial charge in [-0.2, -0.15) is 0 Å². The molecule has 0 bridgehead atoms. The third-order valence-corrected chi connectivity index (χ3v) is 4.61. The van der Waals surface area contributed by atoms with Gasteiger partial charge in [0.2, 0.25) is 0 Å². The largest absolute Gasteiger partial charge is 0.293 e. The number of carbonyl (C=O) groups excluding carboxylic acids is 1. The summed E-state index contributed by atoms with van der Waals surface area (Å²) in [7, 11) is 0. The molecule has 0 aliphatic carbocycles. The molecule has 0 fully saturated rings. The van der Waals surface area contributed by atoms with Crippen LogP contribution < -0.4 is 0 Å². The first kappa shape index (κ1) is 11.6. The molecule has 0 amide bonds. The van der Waals surface area contributed by atoms with Gasteiger partial charge in [0.25, 0.3) is 0 Å². The van der Waals surface area contributed by atoms with Crippen molar-refractivity contribution in [3.63, 3.8) is 0 Å². The lowest BCUT2D eigenvalue weighted by Gasteiger charge is -2.11. The minimum absolute atomic E-state index is 0.273. The van der Waals surface area contributed by atoms with Gasteiger partial charge in [-0.3, -0.25) is 4.79 Å². The first-order valence-electron chi connectivity index (χ1n) is 5.41. The highest BCUT2D eigenvalue weighted by Crippen LogP contribution is 2.29. The predicted octanol–water partition coefficient (Wildman–Crippen LogP) is 4.58. The van der Waals surface area contributed by atoms with Gasteiger partial charge in [0.1, 0.15) is 0 Å². The van der Waals surface area contributed by atoms with Gasteiger partial charge in [-0.15, -0.1) is 22.7 Å². The van der Waals surface area contributed by atoms with E-state index < -0.39 is 0 Å². The van der Waals surface area contributed by atoms with Crippen LogP contribution in [0.25, 0.3) is 0 Å². The van der Waals surface area contributed by atoms with Crippen molar-refractivity contribution in [3.05, 3.63) is 44.8 Å². The maximum Gasteiger partial charge on any atom is 0.173 e. The van der Waals surface area contributed by atoms with Gasteiger partial charge in [0.05, 0.1) is 4.88 Å². The van der Waals surface area contributed by atoms with Crippen LogP contribution in [0.3, 0.4) is 0 Å². The summed E-state index contributed by atoms with van der Waals surface area (Å²) >= 11 is 3.28. The molecule has 0 aliphatic heterocycles. The Morgan fingerprint density at radius 3 is 2.56 bits per heavy atom. The molecule has 0 saturated heterocycles. The van der Waals surface area contributed by atoms with Crippen molar-refractivity contribution >= 4 is 28.5 Å². The quantitative estimate of drug-likeness (QED) is 0.710. The number of thiophene rings is 2. The molecule has 2 aromatic heterocycles. The molecule has 0 saturated carbocycles. The summed E-state index contributed by atoms with van der Waals surface area (Å²) in [6.45, 7) is 2.14. The summed E-state index contributed by atoms with van der Waals surface area (Å²) in [5, 5.41) is 4.03. The van der Waals surface area contributed by atoms with Crippen LogP contribution in [0.1, 0.15) is 40.2 Å². The van der Waals surface area contributed by atoms with Gasteiger partial charge in [-0.1, -0.05) is 19.1 Å². The maximum atomic E-state index is 12.0. The van der Waals surface area contributed by atoms with E-state index in [1.807, 2.05) is 17.5 Å². The zero-order chi connectivity index (χ0) is 11.4. The smallest absolute Gasteiger partial charge is 0.173 e. The van der Waals surface area contributed by atoms with Gasteiger partial charge in [0, 0.05) is 17.2 Å². The number of Topliss-reactive ketones (excluding diaryl/α,β-unsaturated/α-hetero) is 1. The fourth-order valence-corrected chi connectivity index (χ4v) is 3.32. The minimum Gasteiger partial charge on any atom is -0.293 e. The SMILES string of the molecule is CCC(CC(=O)c1cccs1)c1cccs1. The molecule has 1 nitrogen and oxygen atoms in total. The van der Waals surface area contributed by atoms with E-state index in [2.05, 4.69) is 24.4 Å². The molecule has 16 heavy (non-hydrogen) atoms. The second-order valence-corrected chi connectivity index (χ2v) is 5.65. The summed E-state index contributed by atoms with van der Waals surface area (Å²) in [4.78, 5) is 14.2. The molecule has 2 aromatic rings. The monoisotopic (exact) mass is 250 g/mol. The zero-order valence-electron chi connectivity index (χ0n) is 9.18. The molecule has 2 heterocycles. The number of carbonyl (C=O) groups is 1. The summed E-state index contributed by atoms with van der Waals surface area (Å²) in [6, 6.07) is 8.02. The van der Waals surface area contributed by atoms with Crippen LogP contribution >= 0.6 is 22.7 Å². The molecule has 0 aromatic carbocycles. The van der Waals surface area contributed by atoms with E-state index in [9.17, 15) is 4.79 Å². The Bertz CT molecular complexity index is 428. The van der Waals surface area contributed by atoms with Crippen molar-refractivity contribution in [3.8, 4) is 0 Å². The van der Waals surface area contributed by atoms with Gasteiger partial charge >= 0.3 is 0 Å². The van der Waals surface area contributed by atoms with Gasteiger partial charge in [-0.25, -0.2) is 0 Å². The Morgan fingerprint density at radius 2 is 2.00 bits per heavy atom. The predicted molar refractivity (Wildman–Crippen MR) is 70.6 cm³/mol. The van der Waals surface area contributed by atoms with Crippen molar-refractivity contribution in [2.45, 2.75) is 25.7 Å². The molecule has 2 rings (SSSR count). The second kappa shape index (κ2) is 5.41. The average molecular weight is 250 g/mol. The number of rotatable bonds is 5. The number of hydrogen-bond acceptors (Lipinski definition) is 3. The molecule has 0 N–H and O–H groups in total. The van der Waals surface area contributed by atoms with Crippen LogP contribution in [-0.4, -0.2) is 5.78 Å². The van der Waals surface area contributed by atoms with Crippen molar-refractivity contribution in [2.75, 3.05) is 0 Å². The third kappa shape index (κ3) is 2.60. The molecular formula is C13H14OS2. The lowest BCUT2D eigenvalue weighted by molar-refractivity contribution is 0.0977. The molecule has 3 heteroatoms. The molecule has 1 unspecified atom stereocenters. The van der Waals surface area contributed by atoms with Crippen LogP contribution in [0.15, 0.2) is 35.0 Å². The minimum atomic E-state index is 0.273. The van der Waals surface area contributed by atoms with E-state index in [1.165, 1.54) is 16.2 Å².